The average molecular weight is 347 g/mol. The Labute approximate surface area is 140 Å². The molecule has 0 aliphatic rings. The van der Waals surface area contributed by atoms with Gasteiger partial charge in [-0.1, -0.05) is 53.9 Å². The molecule has 0 radical (unpaired) electrons. The molecule has 2 aromatic rings. The van der Waals surface area contributed by atoms with Gasteiger partial charge in [0.2, 0.25) is 0 Å². The maximum atomic E-state index is 6.39. The molecule has 114 valence electrons. The van der Waals surface area contributed by atoms with Crippen LogP contribution in [0.4, 0.5) is 0 Å². The van der Waals surface area contributed by atoms with Crippen molar-refractivity contribution in [1.29, 1.82) is 0 Å². The van der Waals surface area contributed by atoms with Crippen molar-refractivity contribution in [2.75, 3.05) is 6.54 Å². The van der Waals surface area contributed by atoms with Crippen LogP contribution in [0.25, 0.3) is 0 Å². The number of nitrogens with one attached hydrogen (secondary N) is 1. The summed E-state index contributed by atoms with van der Waals surface area (Å²) in [6.07, 6.45) is 2.67. The highest BCUT2D eigenvalue weighted by atomic mass is 35.5. The molecule has 0 fully saturated rings. The summed E-state index contributed by atoms with van der Waals surface area (Å²) in [6.45, 7) is 5.73. The van der Waals surface area contributed by atoms with Gasteiger partial charge in [0.25, 0.3) is 0 Å². The minimum absolute atomic E-state index is 0.133. The first-order valence-corrected chi connectivity index (χ1v) is 8.12. The van der Waals surface area contributed by atoms with Crippen LogP contribution in [0.1, 0.15) is 37.6 Å². The lowest BCUT2D eigenvalue weighted by atomic mass is 10.0. The summed E-state index contributed by atoms with van der Waals surface area (Å²) < 4.78 is 1.88. The van der Waals surface area contributed by atoms with Gasteiger partial charge in [-0.15, -0.1) is 0 Å². The third-order valence-electron chi connectivity index (χ3n) is 3.30. The van der Waals surface area contributed by atoms with Gasteiger partial charge in [0.05, 0.1) is 33.0 Å². The molecule has 21 heavy (non-hydrogen) atoms. The fraction of sp³-hybridized carbons (Fsp3) is 0.400. The molecular formula is C15H18Cl3N3. The Morgan fingerprint density at radius 2 is 1.95 bits per heavy atom. The Morgan fingerprint density at radius 3 is 2.62 bits per heavy atom. The number of hydrogen-bond acceptors (Lipinski definition) is 2. The molecule has 0 saturated carbocycles. The number of benzene rings is 1. The van der Waals surface area contributed by atoms with Crippen LogP contribution in [-0.2, 0) is 6.54 Å². The minimum Gasteiger partial charge on any atom is -0.305 e. The Balaban J connectivity index is 2.52. The molecule has 2 rings (SSSR count). The first-order valence-electron chi connectivity index (χ1n) is 6.98. The molecule has 0 spiro atoms. The second-order valence-corrected chi connectivity index (χ2v) is 5.92. The van der Waals surface area contributed by atoms with Crippen molar-refractivity contribution in [1.82, 2.24) is 15.1 Å². The highest BCUT2D eigenvalue weighted by Gasteiger charge is 2.24. The van der Waals surface area contributed by atoms with E-state index in [0.29, 0.717) is 15.1 Å². The molecule has 1 heterocycles. The Hall–Kier alpha value is -0.740. The van der Waals surface area contributed by atoms with Crippen LogP contribution in [-0.4, -0.2) is 16.3 Å². The predicted molar refractivity (Wildman–Crippen MR) is 89.5 cm³/mol. The maximum absolute atomic E-state index is 6.39. The van der Waals surface area contributed by atoms with E-state index in [4.69, 9.17) is 34.8 Å². The lowest BCUT2D eigenvalue weighted by Gasteiger charge is -2.22. The molecule has 3 nitrogen and oxygen atoms in total. The van der Waals surface area contributed by atoms with Crippen molar-refractivity contribution < 1.29 is 0 Å². The van der Waals surface area contributed by atoms with Crippen LogP contribution in [0, 0.1) is 0 Å². The summed E-state index contributed by atoms with van der Waals surface area (Å²) in [4.78, 5) is 0. The molecule has 6 heteroatoms. The van der Waals surface area contributed by atoms with Crippen molar-refractivity contribution in [2.45, 2.75) is 32.9 Å². The van der Waals surface area contributed by atoms with E-state index in [-0.39, 0.29) is 6.04 Å². The van der Waals surface area contributed by atoms with Gasteiger partial charge in [-0.25, -0.2) is 0 Å². The van der Waals surface area contributed by atoms with Crippen molar-refractivity contribution in [3.8, 4) is 0 Å². The van der Waals surface area contributed by atoms with Crippen molar-refractivity contribution in [3.05, 3.63) is 50.7 Å². The monoisotopic (exact) mass is 345 g/mol. The van der Waals surface area contributed by atoms with Crippen LogP contribution in [0.3, 0.4) is 0 Å². The van der Waals surface area contributed by atoms with Crippen LogP contribution in [0.5, 0.6) is 0 Å². The van der Waals surface area contributed by atoms with E-state index in [0.717, 1.165) is 30.8 Å². The van der Waals surface area contributed by atoms with E-state index in [1.54, 1.807) is 12.3 Å². The van der Waals surface area contributed by atoms with Gasteiger partial charge >= 0.3 is 0 Å². The lowest BCUT2D eigenvalue weighted by molar-refractivity contribution is 0.530. The zero-order chi connectivity index (χ0) is 15.4. The first kappa shape index (κ1) is 16.6. The SMILES string of the molecule is CCCNC(c1cccc(Cl)c1Cl)c1c(Cl)cnn1CC. The average Bonchev–Trinajstić information content (AvgIpc) is 2.85. The fourth-order valence-corrected chi connectivity index (χ4v) is 2.96. The summed E-state index contributed by atoms with van der Waals surface area (Å²) >= 11 is 18.9. The molecule has 1 aromatic carbocycles. The topological polar surface area (TPSA) is 29.9 Å². The van der Waals surface area contributed by atoms with Crippen molar-refractivity contribution >= 4 is 34.8 Å². The second kappa shape index (κ2) is 7.50. The summed E-state index contributed by atoms with van der Waals surface area (Å²) in [5, 5.41) is 9.51. The highest BCUT2D eigenvalue weighted by Crippen LogP contribution is 2.35. The number of halogens is 3. The molecule has 0 aliphatic carbocycles. The number of hydrogen-bond donors (Lipinski definition) is 1. The van der Waals surface area contributed by atoms with Crippen LogP contribution in [0.15, 0.2) is 24.4 Å². The molecule has 1 atom stereocenters. The van der Waals surface area contributed by atoms with Crippen molar-refractivity contribution in [3.63, 3.8) is 0 Å². The molecule has 0 amide bonds. The number of nitrogens with zero attached hydrogens (tertiary/aromatic N) is 2. The molecule has 0 saturated heterocycles. The number of rotatable bonds is 6. The van der Waals surface area contributed by atoms with Gasteiger partial charge in [0.1, 0.15) is 0 Å². The Morgan fingerprint density at radius 1 is 1.19 bits per heavy atom. The van der Waals surface area contributed by atoms with Gasteiger partial charge in [-0.2, -0.15) is 5.10 Å². The summed E-state index contributed by atoms with van der Waals surface area (Å²) in [7, 11) is 0. The number of aryl methyl sites for hydroxylation is 1. The smallest absolute Gasteiger partial charge is 0.0837 e. The summed E-state index contributed by atoms with van der Waals surface area (Å²) in [6, 6.07) is 5.50. The van der Waals surface area contributed by atoms with Gasteiger partial charge in [0.15, 0.2) is 0 Å². The van der Waals surface area contributed by atoms with E-state index in [1.807, 2.05) is 23.7 Å². The standard InChI is InChI=1S/C15H18Cl3N3/c1-3-8-19-14(10-6-5-7-11(16)13(10)18)15-12(17)9-20-21(15)4-2/h5-7,9,14,19H,3-4,8H2,1-2H3. The van der Waals surface area contributed by atoms with Gasteiger partial charge in [0, 0.05) is 6.54 Å². The quantitative estimate of drug-likeness (QED) is 0.802. The van der Waals surface area contributed by atoms with E-state index in [1.165, 1.54) is 0 Å². The fourth-order valence-electron chi connectivity index (χ4n) is 2.30. The number of aromatic nitrogens is 2. The van der Waals surface area contributed by atoms with Gasteiger partial charge in [-0.3, -0.25) is 4.68 Å². The summed E-state index contributed by atoms with van der Waals surface area (Å²) in [5.74, 6) is 0. The minimum atomic E-state index is -0.133. The molecule has 1 aromatic heterocycles. The van der Waals surface area contributed by atoms with E-state index in [2.05, 4.69) is 17.3 Å². The second-order valence-electron chi connectivity index (χ2n) is 4.72. The maximum Gasteiger partial charge on any atom is 0.0837 e. The van der Waals surface area contributed by atoms with E-state index < -0.39 is 0 Å². The zero-order valence-corrected chi connectivity index (χ0v) is 14.3. The molecule has 1 N–H and O–H groups in total. The molecular weight excluding hydrogens is 329 g/mol. The van der Waals surface area contributed by atoms with Crippen LogP contribution in [0.2, 0.25) is 15.1 Å². The van der Waals surface area contributed by atoms with E-state index >= 15 is 0 Å². The summed E-state index contributed by atoms with van der Waals surface area (Å²) in [5.41, 5.74) is 1.83. The Bertz CT molecular complexity index is 610. The van der Waals surface area contributed by atoms with Crippen LogP contribution < -0.4 is 5.32 Å². The molecule has 0 aliphatic heterocycles. The largest absolute Gasteiger partial charge is 0.305 e. The zero-order valence-electron chi connectivity index (χ0n) is 12.0. The normalized spacial score (nSPS) is 12.6. The van der Waals surface area contributed by atoms with E-state index in [9.17, 15) is 0 Å². The highest BCUT2D eigenvalue weighted by molar-refractivity contribution is 6.42. The van der Waals surface area contributed by atoms with Gasteiger partial charge in [-0.05, 0) is 31.5 Å². The third-order valence-corrected chi connectivity index (χ3v) is 4.42. The first-order chi connectivity index (χ1) is 10.1. The predicted octanol–water partition coefficient (Wildman–Crippen LogP) is 4.95. The lowest BCUT2D eigenvalue weighted by Crippen LogP contribution is -2.26. The van der Waals surface area contributed by atoms with Gasteiger partial charge < -0.3 is 5.32 Å². The third kappa shape index (κ3) is 3.54. The van der Waals surface area contributed by atoms with Crippen LogP contribution >= 0.6 is 34.8 Å². The van der Waals surface area contributed by atoms with Crippen molar-refractivity contribution in [2.24, 2.45) is 0 Å². The molecule has 0 bridgehead atoms. The molecule has 1 unspecified atom stereocenters. The Kier molecular flexibility index (Phi) is 5.94.